The van der Waals surface area contributed by atoms with E-state index in [0.717, 1.165) is 56.3 Å². The minimum absolute atomic E-state index is 0.0189. The number of hydrogen-bond acceptors (Lipinski definition) is 7. The van der Waals surface area contributed by atoms with Crippen molar-refractivity contribution >= 4 is 11.9 Å². The van der Waals surface area contributed by atoms with E-state index in [-0.39, 0.29) is 11.9 Å². The molecule has 214 valence electrons. The van der Waals surface area contributed by atoms with Gasteiger partial charge in [-0.15, -0.1) is 0 Å². The molecule has 0 unspecified atom stereocenters. The Morgan fingerprint density at radius 1 is 1.02 bits per heavy atom. The number of pyridine rings is 1. The van der Waals surface area contributed by atoms with E-state index in [1.807, 2.05) is 11.8 Å². The Morgan fingerprint density at radius 2 is 1.80 bits per heavy atom. The summed E-state index contributed by atoms with van der Waals surface area (Å²) in [5.74, 6) is 2.69. The van der Waals surface area contributed by atoms with Gasteiger partial charge in [-0.2, -0.15) is 0 Å². The second-order valence-electron chi connectivity index (χ2n) is 11.8. The number of carbonyl (C=O) groups excluding carboxylic acids is 2. The van der Waals surface area contributed by atoms with Gasteiger partial charge >= 0.3 is 5.97 Å². The van der Waals surface area contributed by atoms with Crippen LogP contribution in [0, 0.1) is 12.8 Å². The standard InChI is InChI=1S/C32H41N3O5/c1-4-39-29-16-22(15-26(23-7-8-23)30(29)40-19-21-5-6-21)18-34-12-9-24(10-13-34)35-14-11-28-27(31(35)36)17-25(20(2)33-28)32(37)38-3/h15-17,21,23-24H,4-14,18-19H2,1-3H3. The van der Waals surface area contributed by atoms with Crippen LogP contribution in [0.3, 0.4) is 0 Å². The summed E-state index contributed by atoms with van der Waals surface area (Å²) < 4.78 is 17.3. The second kappa shape index (κ2) is 11.4. The van der Waals surface area contributed by atoms with E-state index in [9.17, 15) is 9.59 Å². The highest BCUT2D eigenvalue weighted by Gasteiger charge is 2.35. The molecule has 1 amide bonds. The summed E-state index contributed by atoms with van der Waals surface area (Å²) in [6.45, 7) is 8.66. The van der Waals surface area contributed by atoms with E-state index in [1.54, 1.807) is 13.0 Å². The zero-order chi connectivity index (χ0) is 27.8. The fraction of sp³-hybridized carbons (Fsp3) is 0.594. The maximum Gasteiger partial charge on any atom is 0.339 e. The zero-order valence-electron chi connectivity index (χ0n) is 24.0. The van der Waals surface area contributed by atoms with Crippen LogP contribution in [0.15, 0.2) is 18.2 Å². The van der Waals surface area contributed by atoms with Crippen molar-refractivity contribution in [2.45, 2.75) is 77.3 Å². The number of aromatic nitrogens is 1. The smallest absolute Gasteiger partial charge is 0.339 e. The van der Waals surface area contributed by atoms with E-state index >= 15 is 0 Å². The van der Waals surface area contributed by atoms with Gasteiger partial charge in [0.25, 0.3) is 5.91 Å². The highest BCUT2D eigenvalue weighted by molar-refractivity contribution is 6.00. The number of ether oxygens (including phenoxy) is 3. The van der Waals surface area contributed by atoms with E-state index in [2.05, 4.69) is 22.0 Å². The Kier molecular flexibility index (Phi) is 7.71. The first kappa shape index (κ1) is 27.1. The average molecular weight is 548 g/mol. The van der Waals surface area contributed by atoms with Crippen LogP contribution in [-0.4, -0.2) is 72.7 Å². The third-order valence-electron chi connectivity index (χ3n) is 8.80. The minimum atomic E-state index is -0.453. The van der Waals surface area contributed by atoms with Crippen LogP contribution in [0.1, 0.15) is 94.6 Å². The molecule has 6 rings (SSSR count). The first-order valence-corrected chi connectivity index (χ1v) is 15.0. The number of methoxy groups -OCH3 is 1. The first-order chi connectivity index (χ1) is 19.4. The van der Waals surface area contributed by atoms with Crippen LogP contribution in [0.5, 0.6) is 11.5 Å². The maximum absolute atomic E-state index is 13.5. The fourth-order valence-electron chi connectivity index (χ4n) is 6.20. The molecule has 0 bridgehead atoms. The van der Waals surface area contributed by atoms with Gasteiger partial charge in [-0.05, 0) is 81.9 Å². The van der Waals surface area contributed by atoms with Gasteiger partial charge in [0, 0.05) is 44.2 Å². The Balaban J connectivity index is 1.12. The lowest BCUT2D eigenvalue weighted by Crippen LogP contribution is -2.50. The Labute approximate surface area is 237 Å². The molecule has 40 heavy (non-hydrogen) atoms. The summed E-state index contributed by atoms with van der Waals surface area (Å²) in [6.07, 6.45) is 7.58. The van der Waals surface area contributed by atoms with Crippen LogP contribution in [-0.2, 0) is 17.7 Å². The van der Waals surface area contributed by atoms with Gasteiger partial charge in [0.15, 0.2) is 11.5 Å². The number of carbonyl (C=O) groups is 2. The fourth-order valence-corrected chi connectivity index (χ4v) is 6.20. The number of nitrogens with zero attached hydrogens (tertiary/aromatic N) is 3. The summed E-state index contributed by atoms with van der Waals surface area (Å²) >= 11 is 0. The number of amides is 1. The van der Waals surface area contributed by atoms with Crippen molar-refractivity contribution in [3.05, 3.63) is 51.8 Å². The van der Waals surface area contributed by atoms with Gasteiger partial charge in [0.1, 0.15) is 0 Å². The predicted molar refractivity (Wildman–Crippen MR) is 151 cm³/mol. The SMILES string of the molecule is CCOc1cc(CN2CCC(N3CCc4nc(C)c(C(=O)OC)cc4C3=O)CC2)cc(C2CC2)c1OCC1CC1. The molecule has 0 radical (unpaired) electrons. The highest BCUT2D eigenvalue weighted by atomic mass is 16.5. The number of fused-ring (bicyclic) bond motifs is 1. The first-order valence-electron chi connectivity index (χ1n) is 15.0. The van der Waals surface area contributed by atoms with Gasteiger partial charge in [0.05, 0.1) is 42.8 Å². The van der Waals surface area contributed by atoms with E-state index in [1.165, 1.54) is 43.9 Å². The number of likely N-dealkylation sites (tertiary alicyclic amines) is 1. The lowest BCUT2D eigenvalue weighted by Gasteiger charge is -2.40. The Morgan fingerprint density at radius 3 is 2.48 bits per heavy atom. The van der Waals surface area contributed by atoms with Crippen LogP contribution < -0.4 is 9.47 Å². The number of piperidine rings is 1. The van der Waals surface area contributed by atoms with Crippen molar-refractivity contribution in [1.29, 1.82) is 0 Å². The molecule has 2 aliphatic heterocycles. The van der Waals surface area contributed by atoms with Crippen molar-refractivity contribution in [3.8, 4) is 11.5 Å². The monoisotopic (exact) mass is 547 g/mol. The van der Waals surface area contributed by atoms with Gasteiger partial charge in [-0.25, -0.2) is 4.79 Å². The van der Waals surface area contributed by atoms with Crippen molar-refractivity contribution in [2.75, 3.05) is 40.0 Å². The molecule has 0 N–H and O–H groups in total. The second-order valence-corrected chi connectivity index (χ2v) is 11.8. The molecule has 4 aliphatic rings. The molecule has 1 aromatic heterocycles. The quantitative estimate of drug-likeness (QED) is 0.391. The lowest BCUT2D eigenvalue weighted by molar-refractivity contribution is 0.0543. The summed E-state index contributed by atoms with van der Waals surface area (Å²) in [7, 11) is 1.35. The molecule has 0 atom stereocenters. The number of aryl methyl sites for hydroxylation is 1. The third-order valence-corrected chi connectivity index (χ3v) is 8.80. The van der Waals surface area contributed by atoms with Gasteiger partial charge in [0.2, 0.25) is 0 Å². The van der Waals surface area contributed by atoms with E-state index in [4.69, 9.17) is 14.2 Å². The third kappa shape index (κ3) is 5.69. The molecular formula is C32H41N3O5. The zero-order valence-corrected chi connectivity index (χ0v) is 24.0. The number of rotatable bonds is 10. The van der Waals surface area contributed by atoms with Gasteiger partial charge < -0.3 is 19.1 Å². The van der Waals surface area contributed by atoms with Crippen molar-refractivity contribution < 1.29 is 23.8 Å². The number of esters is 1. The average Bonchev–Trinajstić information content (AvgIpc) is 3.87. The van der Waals surface area contributed by atoms with Gasteiger partial charge in [-0.3, -0.25) is 14.7 Å². The molecule has 3 fully saturated rings. The van der Waals surface area contributed by atoms with E-state index in [0.29, 0.717) is 48.2 Å². The van der Waals surface area contributed by atoms with Crippen molar-refractivity contribution in [2.24, 2.45) is 5.92 Å². The Hall–Kier alpha value is -3.13. The van der Waals surface area contributed by atoms with Crippen LogP contribution >= 0.6 is 0 Å². The van der Waals surface area contributed by atoms with Crippen molar-refractivity contribution in [1.82, 2.24) is 14.8 Å². The summed E-state index contributed by atoms with van der Waals surface area (Å²) in [6, 6.07) is 6.41. The molecule has 3 heterocycles. The molecule has 8 heteroatoms. The van der Waals surface area contributed by atoms with Crippen LogP contribution in [0.2, 0.25) is 0 Å². The number of benzene rings is 1. The maximum atomic E-state index is 13.5. The summed E-state index contributed by atoms with van der Waals surface area (Å²) in [5.41, 5.74) is 4.91. The predicted octanol–water partition coefficient (Wildman–Crippen LogP) is 4.90. The van der Waals surface area contributed by atoms with Crippen LogP contribution in [0.25, 0.3) is 0 Å². The molecule has 2 saturated carbocycles. The molecule has 2 aromatic rings. The molecular weight excluding hydrogens is 506 g/mol. The molecule has 0 spiro atoms. The van der Waals surface area contributed by atoms with Crippen LogP contribution in [0.4, 0.5) is 0 Å². The Bertz CT molecular complexity index is 1280. The molecule has 1 saturated heterocycles. The largest absolute Gasteiger partial charge is 0.490 e. The molecule has 8 nitrogen and oxygen atoms in total. The van der Waals surface area contributed by atoms with E-state index < -0.39 is 5.97 Å². The normalized spacial score (nSPS) is 19.9. The topological polar surface area (TPSA) is 81.2 Å². The van der Waals surface area contributed by atoms with Gasteiger partial charge in [-0.1, -0.05) is 6.07 Å². The molecule has 2 aliphatic carbocycles. The van der Waals surface area contributed by atoms with Crippen molar-refractivity contribution in [3.63, 3.8) is 0 Å². The summed E-state index contributed by atoms with van der Waals surface area (Å²) in [4.78, 5) is 34.7. The molecule has 1 aromatic carbocycles. The highest BCUT2D eigenvalue weighted by Crippen LogP contribution is 2.49. The lowest BCUT2D eigenvalue weighted by atomic mass is 9.95. The minimum Gasteiger partial charge on any atom is -0.490 e. The number of hydrogen-bond donors (Lipinski definition) is 0. The summed E-state index contributed by atoms with van der Waals surface area (Å²) in [5, 5.41) is 0.